The molecule has 2 N–H and O–H groups in total. The van der Waals surface area contributed by atoms with Gasteiger partial charge in [-0.05, 0) is 6.92 Å². The standard InChI is InChI=1S/C6H11NO2/c1-5(2)9-6(8)3-4-7/h1,3-4,7H2,2H3. The molecule has 0 aromatic rings. The molecular formula is C6H11NO2. The predicted octanol–water partition coefficient (Wildman–Crippen LogP) is 0.412. The number of carbonyl (C=O) groups is 1. The molecule has 0 spiro atoms. The van der Waals surface area contributed by atoms with Gasteiger partial charge in [0.1, 0.15) is 0 Å². The topological polar surface area (TPSA) is 52.3 Å². The SMILES string of the molecule is C=C(C)OC(=O)CCN. The lowest BCUT2D eigenvalue weighted by Gasteiger charge is -1.99. The third kappa shape index (κ3) is 5.03. The summed E-state index contributed by atoms with van der Waals surface area (Å²) >= 11 is 0. The summed E-state index contributed by atoms with van der Waals surface area (Å²) in [5.41, 5.74) is 5.07. The average Bonchev–Trinajstić information content (AvgIpc) is 1.63. The Kier molecular flexibility index (Phi) is 3.71. The maximum atomic E-state index is 10.5. The highest BCUT2D eigenvalue weighted by Gasteiger charge is 1.98. The Labute approximate surface area is 54.5 Å². The van der Waals surface area contributed by atoms with Gasteiger partial charge in [-0.25, -0.2) is 0 Å². The first kappa shape index (κ1) is 8.17. The van der Waals surface area contributed by atoms with Crippen LogP contribution in [0.2, 0.25) is 0 Å². The van der Waals surface area contributed by atoms with E-state index in [9.17, 15) is 4.79 Å². The van der Waals surface area contributed by atoms with E-state index >= 15 is 0 Å². The monoisotopic (exact) mass is 129 g/mol. The molecule has 9 heavy (non-hydrogen) atoms. The second kappa shape index (κ2) is 4.09. The Bertz CT molecular complexity index is 120. The van der Waals surface area contributed by atoms with E-state index in [2.05, 4.69) is 11.3 Å². The number of hydrogen-bond acceptors (Lipinski definition) is 3. The summed E-state index contributed by atoms with van der Waals surface area (Å²) in [7, 11) is 0. The molecule has 0 aromatic heterocycles. The summed E-state index contributed by atoms with van der Waals surface area (Å²) in [5.74, 6) is 0.0958. The fourth-order valence-electron chi connectivity index (χ4n) is 0.363. The number of rotatable bonds is 3. The van der Waals surface area contributed by atoms with Crippen LogP contribution in [0.3, 0.4) is 0 Å². The van der Waals surface area contributed by atoms with Gasteiger partial charge in [0, 0.05) is 6.54 Å². The summed E-state index contributed by atoms with van der Waals surface area (Å²) in [4.78, 5) is 10.5. The molecule has 0 bridgehead atoms. The van der Waals surface area contributed by atoms with Gasteiger partial charge in [-0.3, -0.25) is 4.79 Å². The molecule has 0 saturated heterocycles. The Hall–Kier alpha value is -0.830. The Morgan fingerprint density at radius 3 is 2.67 bits per heavy atom. The van der Waals surface area contributed by atoms with E-state index in [1.165, 1.54) is 0 Å². The molecule has 3 heteroatoms. The van der Waals surface area contributed by atoms with Gasteiger partial charge in [-0.1, -0.05) is 6.58 Å². The van der Waals surface area contributed by atoms with Crippen molar-refractivity contribution in [1.29, 1.82) is 0 Å². The first-order valence-corrected chi connectivity index (χ1v) is 2.73. The fourth-order valence-corrected chi connectivity index (χ4v) is 0.363. The van der Waals surface area contributed by atoms with Gasteiger partial charge < -0.3 is 10.5 Å². The van der Waals surface area contributed by atoms with E-state index in [4.69, 9.17) is 5.73 Å². The summed E-state index contributed by atoms with van der Waals surface area (Å²) in [6, 6.07) is 0. The van der Waals surface area contributed by atoms with E-state index in [0.717, 1.165) is 0 Å². The lowest BCUT2D eigenvalue weighted by molar-refractivity contribution is -0.139. The zero-order valence-electron chi connectivity index (χ0n) is 5.52. The van der Waals surface area contributed by atoms with Crippen molar-refractivity contribution in [3.8, 4) is 0 Å². The van der Waals surface area contributed by atoms with E-state index in [0.29, 0.717) is 12.3 Å². The summed E-state index contributed by atoms with van der Waals surface area (Å²) in [6.07, 6.45) is 0.257. The Morgan fingerprint density at radius 2 is 2.33 bits per heavy atom. The van der Waals surface area contributed by atoms with E-state index < -0.39 is 0 Å². The van der Waals surface area contributed by atoms with E-state index in [1.54, 1.807) is 6.92 Å². The van der Waals surface area contributed by atoms with Gasteiger partial charge in [0.25, 0.3) is 0 Å². The van der Waals surface area contributed by atoms with Crippen molar-refractivity contribution in [2.24, 2.45) is 5.73 Å². The predicted molar refractivity (Wildman–Crippen MR) is 34.6 cm³/mol. The molecule has 0 aliphatic carbocycles. The molecule has 0 aromatic carbocycles. The summed E-state index contributed by atoms with van der Waals surface area (Å²) < 4.78 is 4.58. The van der Waals surface area contributed by atoms with Crippen LogP contribution in [0.4, 0.5) is 0 Å². The van der Waals surface area contributed by atoms with Crippen molar-refractivity contribution >= 4 is 5.97 Å². The van der Waals surface area contributed by atoms with Crippen LogP contribution in [0, 0.1) is 0 Å². The third-order valence-corrected chi connectivity index (χ3v) is 0.637. The van der Waals surface area contributed by atoms with Gasteiger partial charge in [0.15, 0.2) is 0 Å². The number of hydrogen-bond donors (Lipinski definition) is 1. The molecule has 0 unspecified atom stereocenters. The molecule has 0 fully saturated rings. The number of carbonyl (C=O) groups excluding carboxylic acids is 1. The molecule has 0 atom stereocenters. The highest BCUT2D eigenvalue weighted by atomic mass is 16.5. The molecule has 0 aliphatic rings. The van der Waals surface area contributed by atoms with Gasteiger partial charge >= 0.3 is 5.97 Å². The molecular weight excluding hydrogens is 118 g/mol. The van der Waals surface area contributed by atoms with Crippen molar-refractivity contribution in [2.75, 3.05) is 6.54 Å². The minimum absolute atomic E-state index is 0.257. The second-order valence-corrected chi connectivity index (χ2v) is 1.71. The van der Waals surface area contributed by atoms with Crippen LogP contribution in [0.15, 0.2) is 12.3 Å². The van der Waals surface area contributed by atoms with Crippen LogP contribution in [-0.2, 0) is 9.53 Å². The Balaban J connectivity index is 3.39. The van der Waals surface area contributed by atoms with Crippen molar-refractivity contribution < 1.29 is 9.53 Å². The normalized spacial score (nSPS) is 8.67. The van der Waals surface area contributed by atoms with Crippen LogP contribution >= 0.6 is 0 Å². The molecule has 0 radical (unpaired) electrons. The minimum Gasteiger partial charge on any atom is -0.432 e. The average molecular weight is 129 g/mol. The van der Waals surface area contributed by atoms with Crippen molar-refractivity contribution in [3.63, 3.8) is 0 Å². The summed E-state index contributed by atoms with van der Waals surface area (Å²) in [5, 5.41) is 0. The van der Waals surface area contributed by atoms with Crippen LogP contribution in [0.25, 0.3) is 0 Å². The zero-order valence-corrected chi connectivity index (χ0v) is 5.52. The zero-order chi connectivity index (χ0) is 7.28. The van der Waals surface area contributed by atoms with Gasteiger partial charge in [-0.2, -0.15) is 0 Å². The van der Waals surface area contributed by atoms with Crippen LogP contribution in [0.5, 0.6) is 0 Å². The Morgan fingerprint density at radius 1 is 1.78 bits per heavy atom. The number of nitrogens with two attached hydrogens (primary N) is 1. The first-order valence-electron chi connectivity index (χ1n) is 2.73. The van der Waals surface area contributed by atoms with Crippen molar-refractivity contribution in [2.45, 2.75) is 13.3 Å². The van der Waals surface area contributed by atoms with Gasteiger partial charge in [-0.15, -0.1) is 0 Å². The van der Waals surface area contributed by atoms with E-state index in [1.807, 2.05) is 0 Å². The second-order valence-electron chi connectivity index (χ2n) is 1.71. The van der Waals surface area contributed by atoms with Crippen LogP contribution in [-0.4, -0.2) is 12.5 Å². The molecule has 3 nitrogen and oxygen atoms in total. The van der Waals surface area contributed by atoms with Gasteiger partial charge in [0.05, 0.1) is 12.2 Å². The summed E-state index contributed by atoms with van der Waals surface area (Å²) in [6.45, 7) is 5.34. The molecule has 0 rings (SSSR count). The molecule has 0 amide bonds. The molecule has 0 aliphatic heterocycles. The third-order valence-electron chi connectivity index (χ3n) is 0.637. The highest BCUT2D eigenvalue weighted by molar-refractivity contribution is 5.70. The van der Waals surface area contributed by atoms with Gasteiger partial charge in [0.2, 0.25) is 0 Å². The maximum Gasteiger partial charge on any atom is 0.312 e. The van der Waals surface area contributed by atoms with Crippen LogP contribution in [0.1, 0.15) is 13.3 Å². The number of esters is 1. The number of ether oxygens (including phenoxy) is 1. The molecule has 0 saturated carbocycles. The first-order chi connectivity index (χ1) is 4.16. The highest BCUT2D eigenvalue weighted by Crippen LogP contribution is 1.92. The van der Waals surface area contributed by atoms with Crippen molar-refractivity contribution in [3.05, 3.63) is 12.3 Å². The quantitative estimate of drug-likeness (QED) is 0.443. The van der Waals surface area contributed by atoms with E-state index in [-0.39, 0.29) is 12.4 Å². The maximum absolute atomic E-state index is 10.5. The lowest BCUT2D eigenvalue weighted by atomic mass is 10.4. The largest absolute Gasteiger partial charge is 0.432 e. The molecule has 0 heterocycles. The van der Waals surface area contributed by atoms with Crippen molar-refractivity contribution in [1.82, 2.24) is 0 Å². The smallest absolute Gasteiger partial charge is 0.312 e. The lowest BCUT2D eigenvalue weighted by Crippen LogP contribution is -2.09. The minimum atomic E-state index is -0.315. The van der Waals surface area contributed by atoms with Crippen LogP contribution < -0.4 is 5.73 Å². The fraction of sp³-hybridized carbons (Fsp3) is 0.500. The number of allylic oxidation sites excluding steroid dienone is 1. The molecule has 52 valence electrons.